The summed E-state index contributed by atoms with van der Waals surface area (Å²) in [5.74, 6) is -0.0944. The highest BCUT2D eigenvalue weighted by atomic mass is 16.4. The smallest absolute Gasteiger partial charge is 0.304 e. The average Bonchev–Trinajstić information content (AvgIpc) is 2.48. The van der Waals surface area contributed by atoms with Crippen LogP contribution in [0.3, 0.4) is 0 Å². The van der Waals surface area contributed by atoms with E-state index in [2.05, 4.69) is 10.1 Å². The Kier molecular flexibility index (Phi) is 2.88. The molecule has 0 amide bonds. The number of aliphatic carboxylic acids is 1. The first kappa shape index (κ1) is 10.7. The zero-order valence-electron chi connectivity index (χ0n) is 8.69. The molecule has 0 fully saturated rings. The number of carboxylic acids is 1. The van der Waals surface area contributed by atoms with Crippen LogP contribution in [-0.2, 0) is 16.8 Å². The van der Waals surface area contributed by atoms with Gasteiger partial charge in [0.25, 0.3) is 0 Å². The molecule has 1 rings (SSSR count). The standard InChI is InChI=1S/C9H15N3O2/c1-4-12-8(10-6-11-12)9(2,3)5-7(13)14/h6H,4-5H2,1-3H3,(H,13,14). The van der Waals surface area contributed by atoms with Gasteiger partial charge < -0.3 is 5.11 Å². The number of carboxylic acid groups (broad SMARTS) is 1. The minimum absolute atomic E-state index is 0.0612. The maximum atomic E-state index is 10.7. The molecule has 5 nitrogen and oxygen atoms in total. The van der Waals surface area contributed by atoms with Gasteiger partial charge in [0.15, 0.2) is 0 Å². The summed E-state index contributed by atoms with van der Waals surface area (Å²) in [7, 11) is 0. The Hall–Kier alpha value is -1.39. The first-order valence-electron chi connectivity index (χ1n) is 4.57. The molecule has 0 saturated heterocycles. The molecule has 14 heavy (non-hydrogen) atoms. The van der Waals surface area contributed by atoms with Crippen LogP contribution in [0.4, 0.5) is 0 Å². The van der Waals surface area contributed by atoms with Crippen molar-refractivity contribution in [3.05, 3.63) is 12.2 Å². The topological polar surface area (TPSA) is 68.0 Å². The van der Waals surface area contributed by atoms with Gasteiger partial charge in [-0.25, -0.2) is 9.67 Å². The van der Waals surface area contributed by atoms with Crippen LogP contribution in [0.2, 0.25) is 0 Å². The molecule has 0 aliphatic rings. The van der Waals surface area contributed by atoms with E-state index in [9.17, 15) is 4.79 Å². The molecule has 0 spiro atoms. The van der Waals surface area contributed by atoms with Crippen molar-refractivity contribution in [3.63, 3.8) is 0 Å². The number of aromatic nitrogens is 3. The summed E-state index contributed by atoms with van der Waals surface area (Å²) in [4.78, 5) is 14.8. The second-order valence-corrected chi connectivity index (χ2v) is 3.85. The van der Waals surface area contributed by atoms with Crippen LogP contribution in [0.15, 0.2) is 6.33 Å². The summed E-state index contributed by atoms with van der Waals surface area (Å²) in [6.07, 6.45) is 1.52. The van der Waals surface area contributed by atoms with Gasteiger partial charge in [-0.3, -0.25) is 4.79 Å². The van der Waals surface area contributed by atoms with Gasteiger partial charge >= 0.3 is 5.97 Å². The Morgan fingerprint density at radius 2 is 2.29 bits per heavy atom. The van der Waals surface area contributed by atoms with Gasteiger partial charge in [-0.1, -0.05) is 13.8 Å². The van der Waals surface area contributed by atoms with Crippen LogP contribution in [0, 0.1) is 0 Å². The van der Waals surface area contributed by atoms with Crippen molar-refractivity contribution in [1.29, 1.82) is 0 Å². The number of carbonyl (C=O) groups is 1. The predicted molar refractivity (Wildman–Crippen MR) is 51.0 cm³/mol. The third-order valence-corrected chi connectivity index (χ3v) is 2.11. The van der Waals surface area contributed by atoms with E-state index in [0.717, 1.165) is 5.82 Å². The van der Waals surface area contributed by atoms with Crippen molar-refractivity contribution in [3.8, 4) is 0 Å². The molecule has 0 aliphatic heterocycles. The molecule has 5 heteroatoms. The highest BCUT2D eigenvalue weighted by molar-refractivity contribution is 5.68. The summed E-state index contributed by atoms with van der Waals surface area (Å²) < 4.78 is 1.73. The van der Waals surface area contributed by atoms with Crippen molar-refractivity contribution in [2.24, 2.45) is 0 Å². The van der Waals surface area contributed by atoms with Crippen molar-refractivity contribution < 1.29 is 9.90 Å². The molecular formula is C9H15N3O2. The van der Waals surface area contributed by atoms with E-state index < -0.39 is 11.4 Å². The molecule has 0 aromatic carbocycles. The first-order valence-corrected chi connectivity index (χ1v) is 4.57. The first-order chi connectivity index (χ1) is 6.47. The third-order valence-electron chi connectivity index (χ3n) is 2.11. The third kappa shape index (κ3) is 2.10. The Morgan fingerprint density at radius 1 is 1.64 bits per heavy atom. The predicted octanol–water partition coefficient (Wildman–Crippen LogP) is 1.05. The quantitative estimate of drug-likeness (QED) is 0.783. The molecule has 1 aromatic heterocycles. The number of hydrogen-bond donors (Lipinski definition) is 1. The van der Waals surface area contributed by atoms with Crippen LogP contribution >= 0.6 is 0 Å². The van der Waals surface area contributed by atoms with Crippen LogP contribution < -0.4 is 0 Å². The molecule has 0 saturated carbocycles. The van der Waals surface area contributed by atoms with Gasteiger partial charge in [-0.15, -0.1) is 0 Å². The average molecular weight is 197 g/mol. The van der Waals surface area contributed by atoms with E-state index in [-0.39, 0.29) is 6.42 Å². The van der Waals surface area contributed by atoms with Gasteiger partial charge in [-0.05, 0) is 6.92 Å². The van der Waals surface area contributed by atoms with Gasteiger partial charge in [-0.2, -0.15) is 5.10 Å². The lowest BCUT2D eigenvalue weighted by atomic mass is 9.88. The number of hydrogen-bond acceptors (Lipinski definition) is 3. The molecule has 0 atom stereocenters. The Labute approximate surface area is 82.8 Å². The lowest BCUT2D eigenvalue weighted by Crippen LogP contribution is -2.26. The zero-order chi connectivity index (χ0) is 10.8. The van der Waals surface area contributed by atoms with Crippen LogP contribution in [0.5, 0.6) is 0 Å². The second kappa shape index (κ2) is 3.77. The Bertz CT molecular complexity index is 331. The van der Waals surface area contributed by atoms with Crippen molar-refractivity contribution in [1.82, 2.24) is 14.8 Å². The normalized spacial score (nSPS) is 11.6. The summed E-state index contributed by atoms with van der Waals surface area (Å²) in [6, 6.07) is 0. The van der Waals surface area contributed by atoms with Gasteiger partial charge in [0.05, 0.1) is 6.42 Å². The number of rotatable bonds is 4. The molecule has 1 N–H and O–H groups in total. The minimum Gasteiger partial charge on any atom is -0.481 e. The lowest BCUT2D eigenvalue weighted by Gasteiger charge is -2.21. The van der Waals surface area contributed by atoms with Crippen LogP contribution in [0.25, 0.3) is 0 Å². The van der Waals surface area contributed by atoms with E-state index in [4.69, 9.17) is 5.11 Å². The minimum atomic E-state index is -0.819. The van der Waals surface area contributed by atoms with E-state index in [1.165, 1.54) is 6.33 Å². The van der Waals surface area contributed by atoms with Gasteiger partial charge in [0.1, 0.15) is 12.2 Å². The fourth-order valence-electron chi connectivity index (χ4n) is 1.48. The molecule has 1 heterocycles. The fraction of sp³-hybridized carbons (Fsp3) is 0.667. The number of aryl methyl sites for hydroxylation is 1. The van der Waals surface area contributed by atoms with Crippen LogP contribution in [0.1, 0.15) is 33.0 Å². The molecule has 78 valence electrons. The zero-order valence-corrected chi connectivity index (χ0v) is 8.69. The second-order valence-electron chi connectivity index (χ2n) is 3.85. The largest absolute Gasteiger partial charge is 0.481 e. The molecule has 0 radical (unpaired) electrons. The maximum absolute atomic E-state index is 10.7. The lowest BCUT2D eigenvalue weighted by molar-refractivity contribution is -0.138. The summed E-state index contributed by atoms with van der Waals surface area (Å²) >= 11 is 0. The number of nitrogens with zero attached hydrogens (tertiary/aromatic N) is 3. The van der Waals surface area contributed by atoms with Gasteiger partial charge in [0.2, 0.25) is 0 Å². The molecule has 0 unspecified atom stereocenters. The SMILES string of the molecule is CCn1ncnc1C(C)(C)CC(=O)O. The highest BCUT2D eigenvalue weighted by Crippen LogP contribution is 2.24. The summed E-state index contributed by atoms with van der Waals surface area (Å²) in [5, 5.41) is 12.8. The Morgan fingerprint density at radius 3 is 2.79 bits per heavy atom. The van der Waals surface area contributed by atoms with Crippen molar-refractivity contribution in [2.75, 3.05) is 0 Å². The van der Waals surface area contributed by atoms with E-state index in [1.807, 2.05) is 20.8 Å². The molecule has 0 bridgehead atoms. The van der Waals surface area contributed by atoms with E-state index in [1.54, 1.807) is 4.68 Å². The van der Waals surface area contributed by atoms with Gasteiger partial charge in [0, 0.05) is 12.0 Å². The van der Waals surface area contributed by atoms with E-state index in [0.29, 0.717) is 6.54 Å². The van der Waals surface area contributed by atoms with Crippen molar-refractivity contribution in [2.45, 2.75) is 39.2 Å². The Balaban J connectivity index is 2.96. The summed E-state index contributed by atoms with van der Waals surface area (Å²) in [5.41, 5.74) is -0.474. The molecule has 0 aliphatic carbocycles. The van der Waals surface area contributed by atoms with Crippen LogP contribution in [-0.4, -0.2) is 25.8 Å². The van der Waals surface area contributed by atoms with Crippen molar-refractivity contribution >= 4 is 5.97 Å². The monoisotopic (exact) mass is 197 g/mol. The molecule has 1 aromatic rings. The fourth-order valence-corrected chi connectivity index (χ4v) is 1.48. The molecular weight excluding hydrogens is 182 g/mol. The maximum Gasteiger partial charge on any atom is 0.304 e. The van der Waals surface area contributed by atoms with E-state index >= 15 is 0 Å². The highest BCUT2D eigenvalue weighted by Gasteiger charge is 2.28. The summed E-state index contributed by atoms with van der Waals surface area (Å²) in [6.45, 7) is 6.38.